The Labute approximate surface area is 91.1 Å². The van der Waals surface area contributed by atoms with Crippen molar-refractivity contribution in [2.75, 3.05) is 6.54 Å². The second-order valence-corrected chi connectivity index (χ2v) is 4.47. The predicted octanol–water partition coefficient (Wildman–Crippen LogP) is 1.51. The van der Waals surface area contributed by atoms with Gasteiger partial charge in [0.1, 0.15) is 0 Å². The van der Waals surface area contributed by atoms with Crippen molar-refractivity contribution in [1.29, 1.82) is 0 Å². The van der Waals surface area contributed by atoms with Gasteiger partial charge in [-0.05, 0) is 38.3 Å². The molecule has 0 saturated heterocycles. The highest BCUT2D eigenvalue weighted by atomic mass is 16.3. The minimum atomic E-state index is -0.413. The molecule has 84 valence electrons. The molecule has 0 spiro atoms. The Balaban J connectivity index is 1.78. The molecule has 0 radical (unpaired) electrons. The molecule has 3 heteroatoms. The van der Waals surface area contributed by atoms with E-state index in [0.717, 1.165) is 32.5 Å². The van der Waals surface area contributed by atoms with Crippen molar-refractivity contribution in [3.63, 3.8) is 0 Å². The smallest absolute Gasteiger partial charge is 0.0771 e. The Morgan fingerprint density at radius 3 is 2.93 bits per heavy atom. The molecule has 2 rings (SSSR count). The Morgan fingerprint density at radius 1 is 1.53 bits per heavy atom. The van der Waals surface area contributed by atoms with Crippen molar-refractivity contribution in [3.05, 3.63) is 24.0 Å². The van der Waals surface area contributed by atoms with Gasteiger partial charge in [0.2, 0.25) is 0 Å². The lowest BCUT2D eigenvalue weighted by Crippen LogP contribution is -2.46. The minimum Gasteiger partial charge on any atom is -0.389 e. The average Bonchev–Trinajstić information content (AvgIpc) is 2.63. The zero-order valence-electron chi connectivity index (χ0n) is 9.37. The molecule has 15 heavy (non-hydrogen) atoms. The molecule has 1 aromatic rings. The Hall–Kier alpha value is -0.800. The van der Waals surface area contributed by atoms with E-state index in [2.05, 4.69) is 35.1 Å². The number of hydrogen-bond donors (Lipinski definition) is 2. The summed E-state index contributed by atoms with van der Waals surface area (Å²) in [4.78, 5) is 0. The number of rotatable bonds is 5. The average molecular weight is 208 g/mol. The minimum absolute atomic E-state index is 0.413. The van der Waals surface area contributed by atoms with Crippen LogP contribution in [0.3, 0.4) is 0 Å². The molecule has 0 unspecified atom stereocenters. The molecular formula is C12H20N2O. The van der Waals surface area contributed by atoms with E-state index in [0.29, 0.717) is 0 Å². The van der Waals surface area contributed by atoms with Gasteiger partial charge in [0.25, 0.3) is 0 Å². The van der Waals surface area contributed by atoms with E-state index in [1.807, 2.05) is 0 Å². The van der Waals surface area contributed by atoms with Gasteiger partial charge < -0.3 is 15.0 Å². The molecular weight excluding hydrogens is 188 g/mol. The summed E-state index contributed by atoms with van der Waals surface area (Å²) in [7, 11) is 0. The molecule has 1 aliphatic rings. The van der Waals surface area contributed by atoms with Crippen LogP contribution < -0.4 is 5.32 Å². The van der Waals surface area contributed by atoms with Crippen molar-refractivity contribution in [3.8, 4) is 0 Å². The number of nitrogens with one attached hydrogen (secondary N) is 1. The van der Waals surface area contributed by atoms with Crippen molar-refractivity contribution >= 4 is 0 Å². The Bertz CT molecular complexity index is 315. The van der Waals surface area contributed by atoms with Crippen LogP contribution in [0.15, 0.2) is 18.3 Å². The summed E-state index contributed by atoms with van der Waals surface area (Å²) in [6, 6.07) is 4.19. The van der Waals surface area contributed by atoms with E-state index in [1.165, 1.54) is 12.1 Å². The van der Waals surface area contributed by atoms with E-state index in [9.17, 15) is 5.11 Å². The molecule has 1 aromatic heterocycles. The first-order valence-electron chi connectivity index (χ1n) is 5.81. The second kappa shape index (κ2) is 4.37. The van der Waals surface area contributed by atoms with Crippen LogP contribution in [0.2, 0.25) is 0 Å². The number of aryl methyl sites for hydroxylation is 1. The first-order valence-corrected chi connectivity index (χ1v) is 5.81. The highest BCUT2D eigenvalue weighted by Gasteiger charge is 2.33. The molecule has 0 aromatic carbocycles. The number of hydrogen-bond acceptors (Lipinski definition) is 2. The van der Waals surface area contributed by atoms with Gasteiger partial charge in [-0.25, -0.2) is 0 Å². The highest BCUT2D eigenvalue weighted by Crippen LogP contribution is 2.30. The normalized spacial score (nSPS) is 18.8. The van der Waals surface area contributed by atoms with Crippen LogP contribution in [-0.2, 0) is 13.1 Å². The van der Waals surface area contributed by atoms with Gasteiger partial charge in [0.15, 0.2) is 0 Å². The summed E-state index contributed by atoms with van der Waals surface area (Å²) in [5.74, 6) is 0. The fourth-order valence-electron chi connectivity index (χ4n) is 2.10. The quantitative estimate of drug-likeness (QED) is 0.769. The van der Waals surface area contributed by atoms with Crippen molar-refractivity contribution in [2.24, 2.45) is 0 Å². The van der Waals surface area contributed by atoms with E-state index in [4.69, 9.17) is 0 Å². The number of aromatic nitrogens is 1. The lowest BCUT2D eigenvalue weighted by molar-refractivity contribution is -0.0315. The van der Waals surface area contributed by atoms with E-state index in [1.54, 1.807) is 0 Å². The third kappa shape index (κ3) is 2.41. The van der Waals surface area contributed by atoms with Gasteiger partial charge in [-0.3, -0.25) is 0 Å². The zero-order valence-corrected chi connectivity index (χ0v) is 9.37. The van der Waals surface area contributed by atoms with Gasteiger partial charge in [-0.1, -0.05) is 0 Å². The van der Waals surface area contributed by atoms with Gasteiger partial charge >= 0.3 is 0 Å². The molecule has 2 N–H and O–H groups in total. The molecule has 1 heterocycles. The maximum atomic E-state index is 9.90. The first-order chi connectivity index (χ1) is 7.23. The second-order valence-electron chi connectivity index (χ2n) is 4.47. The summed E-state index contributed by atoms with van der Waals surface area (Å²) in [6.45, 7) is 4.72. The Kier molecular flexibility index (Phi) is 3.12. The van der Waals surface area contributed by atoms with Crippen LogP contribution in [0.25, 0.3) is 0 Å². The van der Waals surface area contributed by atoms with Crippen molar-refractivity contribution in [2.45, 2.75) is 44.9 Å². The van der Waals surface area contributed by atoms with Crippen LogP contribution in [0.4, 0.5) is 0 Å². The van der Waals surface area contributed by atoms with E-state index in [-0.39, 0.29) is 0 Å². The van der Waals surface area contributed by atoms with Crippen molar-refractivity contribution < 1.29 is 5.11 Å². The van der Waals surface area contributed by atoms with E-state index < -0.39 is 5.60 Å². The third-order valence-electron chi connectivity index (χ3n) is 3.31. The van der Waals surface area contributed by atoms with Crippen LogP contribution in [0.5, 0.6) is 0 Å². The number of nitrogens with zero attached hydrogens (tertiary/aromatic N) is 1. The lowest BCUT2D eigenvalue weighted by atomic mass is 9.80. The molecule has 3 nitrogen and oxygen atoms in total. The molecule has 0 atom stereocenters. The lowest BCUT2D eigenvalue weighted by Gasteiger charge is -2.36. The summed E-state index contributed by atoms with van der Waals surface area (Å²) < 4.78 is 2.22. The first kappa shape index (κ1) is 10.7. The summed E-state index contributed by atoms with van der Waals surface area (Å²) in [6.07, 6.45) is 5.17. The van der Waals surface area contributed by atoms with E-state index >= 15 is 0 Å². The van der Waals surface area contributed by atoms with Crippen LogP contribution in [0, 0.1) is 0 Å². The molecule has 1 aliphatic carbocycles. The predicted molar refractivity (Wildman–Crippen MR) is 60.6 cm³/mol. The SMILES string of the molecule is CCn1cccc1CNCC1(O)CCC1. The maximum Gasteiger partial charge on any atom is 0.0771 e. The maximum absolute atomic E-state index is 9.90. The number of aliphatic hydroxyl groups is 1. The van der Waals surface area contributed by atoms with Crippen LogP contribution in [-0.4, -0.2) is 21.8 Å². The summed E-state index contributed by atoms with van der Waals surface area (Å²) >= 11 is 0. The van der Waals surface area contributed by atoms with Crippen LogP contribution >= 0.6 is 0 Å². The van der Waals surface area contributed by atoms with Gasteiger partial charge in [0.05, 0.1) is 5.60 Å². The summed E-state index contributed by atoms with van der Waals surface area (Å²) in [5.41, 5.74) is 0.879. The molecule has 1 saturated carbocycles. The molecule has 0 aliphatic heterocycles. The monoisotopic (exact) mass is 208 g/mol. The van der Waals surface area contributed by atoms with Gasteiger partial charge in [-0.2, -0.15) is 0 Å². The van der Waals surface area contributed by atoms with Gasteiger partial charge in [0, 0.05) is 31.5 Å². The third-order valence-corrected chi connectivity index (χ3v) is 3.31. The standard InChI is InChI=1S/C12H20N2O/c1-2-14-8-3-5-11(14)9-13-10-12(15)6-4-7-12/h3,5,8,13,15H,2,4,6-7,9-10H2,1H3. The highest BCUT2D eigenvalue weighted by molar-refractivity contribution is 5.07. The molecule has 0 bridgehead atoms. The largest absolute Gasteiger partial charge is 0.389 e. The van der Waals surface area contributed by atoms with Crippen molar-refractivity contribution in [1.82, 2.24) is 9.88 Å². The van der Waals surface area contributed by atoms with Gasteiger partial charge in [-0.15, -0.1) is 0 Å². The van der Waals surface area contributed by atoms with Crippen LogP contribution in [0.1, 0.15) is 31.9 Å². The summed E-state index contributed by atoms with van der Waals surface area (Å²) in [5, 5.41) is 13.2. The zero-order chi connectivity index (χ0) is 10.7. The molecule has 1 fully saturated rings. The fourth-order valence-corrected chi connectivity index (χ4v) is 2.10. The topological polar surface area (TPSA) is 37.2 Å². The molecule has 0 amide bonds. The fraction of sp³-hybridized carbons (Fsp3) is 0.667. The Morgan fingerprint density at radius 2 is 2.33 bits per heavy atom.